The number of ether oxygens (including phenoxy) is 1. The number of nitriles is 1. The van der Waals surface area contributed by atoms with E-state index in [1.54, 1.807) is 23.8 Å². The molecule has 0 aliphatic rings. The van der Waals surface area contributed by atoms with Gasteiger partial charge in [-0.2, -0.15) is 5.26 Å². The summed E-state index contributed by atoms with van der Waals surface area (Å²) in [5, 5.41) is 11.9. The number of methoxy groups -OCH3 is 1. The van der Waals surface area contributed by atoms with Gasteiger partial charge in [-0.05, 0) is 25.0 Å². The molecule has 0 saturated heterocycles. The monoisotopic (exact) mass is 349 g/mol. The third-order valence-corrected chi connectivity index (χ3v) is 4.61. The summed E-state index contributed by atoms with van der Waals surface area (Å²) in [5.74, 6) is 1.05. The fourth-order valence-corrected chi connectivity index (χ4v) is 3.01. The molecule has 0 aromatic heterocycles. The summed E-state index contributed by atoms with van der Waals surface area (Å²) in [4.78, 5) is 15.3. The van der Waals surface area contributed by atoms with Crippen molar-refractivity contribution in [2.45, 2.75) is 25.7 Å². The van der Waals surface area contributed by atoms with Crippen molar-refractivity contribution in [1.82, 2.24) is 4.90 Å². The van der Waals surface area contributed by atoms with Crippen LogP contribution >= 0.6 is 11.8 Å². The molecule has 6 heteroatoms. The minimum Gasteiger partial charge on any atom is -0.383 e. The summed E-state index contributed by atoms with van der Waals surface area (Å²) in [6.45, 7) is 7.80. The van der Waals surface area contributed by atoms with E-state index in [2.05, 4.69) is 25.2 Å². The second-order valence-corrected chi connectivity index (χ2v) is 7.16. The maximum absolute atomic E-state index is 12.6. The third kappa shape index (κ3) is 7.24. The Kier molecular flexibility index (Phi) is 9.28. The Hall–Kier alpha value is -1.71. The molecule has 0 fully saturated rings. The van der Waals surface area contributed by atoms with Crippen molar-refractivity contribution in [3.05, 3.63) is 24.3 Å². The Morgan fingerprint density at radius 1 is 1.38 bits per heavy atom. The summed E-state index contributed by atoms with van der Waals surface area (Å²) >= 11 is 1.58. The van der Waals surface area contributed by atoms with E-state index in [9.17, 15) is 4.79 Å². The van der Waals surface area contributed by atoms with Crippen molar-refractivity contribution in [3.63, 3.8) is 0 Å². The number of amides is 2. The average molecular weight is 350 g/mol. The first-order chi connectivity index (χ1) is 11.5. The molecule has 0 spiro atoms. The normalized spacial score (nSPS) is 11.8. The van der Waals surface area contributed by atoms with Crippen LogP contribution in [0.15, 0.2) is 29.2 Å². The first-order valence-corrected chi connectivity index (χ1v) is 9.12. The van der Waals surface area contributed by atoms with Crippen LogP contribution < -0.4 is 5.32 Å². The van der Waals surface area contributed by atoms with E-state index in [0.29, 0.717) is 31.4 Å². The van der Waals surface area contributed by atoms with Crippen LogP contribution in [0.5, 0.6) is 0 Å². The first kappa shape index (κ1) is 20.3. The molecule has 1 N–H and O–H groups in total. The quantitative estimate of drug-likeness (QED) is 0.682. The maximum atomic E-state index is 12.6. The molecule has 0 heterocycles. The van der Waals surface area contributed by atoms with Crippen LogP contribution in [0.1, 0.15) is 20.8 Å². The molecule has 0 unspecified atom stereocenters. The lowest BCUT2D eigenvalue weighted by Crippen LogP contribution is -2.39. The van der Waals surface area contributed by atoms with Gasteiger partial charge < -0.3 is 15.0 Å². The van der Waals surface area contributed by atoms with Crippen molar-refractivity contribution in [2.24, 2.45) is 11.8 Å². The Morgan fingerprint density at radius 3 is 2.71 bits per heavy atom. The van der Waals surface area contributed by atoms with E-state index >= 15 is 0 Å². The van der Waals surface area contributed by atoms with Crippen molar-refractivity contribution in [2.75, 3.05) is 37.9 Å². The van der Waals surface area contributed by atoms with E-state index in [1.165, 1.54) is 0 Å². The zero-order valence-corrected chi connectivity index (χ0v) is 15.7. The molecule has 1 rings (SSSR count). The summed E-state index contributed by atoms with van der Waals surface area (Å²) < 4.78 is 5.10. The molecule has 5 nitrogen and oxygen atoms in total. The predicted octanol–water partition coefficient (Wildman–Crippen LogP) is 4.07. The lowest BCUT2D eigenvalue weighted by molar-refractivity contribution is 0.150. The lowest BCUT2D eigenvalue weighted by atomic mass is 10.2. The van der Waals surface area contributed by atoms with E-state index in [4.69, 9.17) is 10.00 Å². The highest BCUT2D eigenvalue weighted by Gasteiger charge is 2.16. The minimum atomic E-state index is -0.123. The van der Waals surface area contributed by atoms with Gasteiger partial charge in [0.1, 0.15) is 0 Å². The molecule has 0 saturated carbocycles. The largest absolute Gasteiger partial charge is 0.383 e. The summed E-state index contributed by atoms with van der Waals surface area (Å²) in [7, 11) is 1.63. The number of anilines is 1. The fourth-order valence-electron chi connectivity index (χ4n) is 2.06. The Morgan fingerprint density at radius 2 is 2.08 bits per heavy atom. The number of para-hydroxylation sites is 1. The van der Waals surface area contributed by atoms with Gasteiger partial charge in [-0.3, -0.25) is 0 Å². The number of hydrogen-bond acceptors (Lipinski definition) is 4. The van der Waals surface area contributed by atoms with Gasteiger partial charge in [-0.25, -0.2) is 4.79 Å². The molecule has 1 atom stereocenters. The number of urea groups is 1. The number of benzene rings is 1. The lowest BCUT2D eigenvalue weighted by Gasteiger charge is -2.25. The van der Waals surface area contributed by atoms with Crippen molar-refractivity contribution in [3.8, 4) is 6.07 Å². The molecule has 2 amide bonds. The van der Waals surface area contributed by atoms with Gasteiger partial charge >= 0.3 is 6.03 Å². The zero-order valence-electron chi connectivity index (χ0n) is 14.9. The van der Waals surface area contributed by atoms with Crippen LogP contribution in [0.2, 0.25) is 0 Å². The van der Waals surface area contributed by atoms with Gasteiger partial charge in [-0.15, -0.1) is 11.8 Å². The molecular formula is C18H27N3O2S. The number of rotatable bonds is 9. The third-order valence-electron chi connectivity index (χ3n) is 3.28. The fraction of sp³-hybridized carbons (Fsp3) is 0.556. The summed E-state index contributed by atoms with van der Waals surface area (Å²) in [5.41, 5.74) is 0.781. The highest BCUT2D eigenvalue weighted by molar-refractivity contribution is 7.99. The van der Waals surface area contributed by atoms with Crippen LogP contribution in [0.4, 0.5) is 10.5 Å². The first-order valence-electron chi connectivity index (χ1n) is 8.14. The average Bonchev–Trinajstić information content (AvgIpc) is 2.57. The molecular weight excluding hydrogens is 322 g/mol. The van der Waals surface area contributed by atoms with Crippen molar-refractivity contribution >= 4 is 23.5 Å². The minimum absolute atomic E-state index is 0.0297. The zero-order chi connectivity index (χ0) is 17.9. The number of nitrogens with one attached hydrogen (secondary N) is 1. The molecule has 1 aromatic rings. The Balaban J connectivity index is 2.78. The number of hydrogen-bond donors (Lipinski definition) is 1. The van der Waals surface area contributed by atoms with Crippen LogP contribution in [0.25, 0.3) is 0 Å². The highest BCUT2D eigenvalue weighted by Crippen LogP contribution is 2.28. The van der Waals surface area contributed by atoms with Gasteiger partial charge in [0, 0.05) is 30.8 Å². The number of nitrogens with zero attached hydrogens (tertiary/aromatic N) is 2. The van der Waals surface area contributed by atoms with Crippen LogP contribution in [-0.2, 0) is 4.74 Å². The smallest absolute Gasteiger partial charge is 0.321 e. The van der Waals surface area contributed by atoms with Crippen LogP contribution in [0, 0.1) is 23.2 Å². The molecule has 0 aliphatic carbocycles. The molecule has 0 aliphatic heterocycles. The predicted molar refractivity (Wildman–Crippen MR) is 99.2 cm³/mol. The Bertz CT molecular complexity index is 557. The summed E-state index contributed by atoms with van der Waals surface area (Å²) in [6, 6.07) is 9.79. The van der Waals surface area contributed by atoms with E-state index in [1.807, 2.05) is 31.2 Å². The van der Waals surface area contributed by atoms with E-state index in [0.717, 1.165) is 10.6 Å². The standard InChI is InChI=1S/C18H27N3O2S/c1-14(2)12-21(9-10-23-4)18(22)20-16-7-5-6-8-17(16)24-13-15(3)11-19/h5-8,14-15H,9-10,12-13H2,1-4H3,(H,20,22)/t15-/m0/s1. The van der Waals surface area contributed by atoms with E-state index in [-0.39, 0.29) is 11.9 Å². The molecule has 0 radical (unpaired) electrons. The van der Waals surface area contributed by atoms with Gasteiger partial charge in [0.05, 0.1) is 24.3 Å². The highest BCUT2D eigenvalue weighted by atomic mass is 32.2. The second kappa shape index (κ2) is 11.0. The number of thioether (sulfide) groups is 1. The van der Waals surface area contributed by atoms with Gasteiger partial charge in [0.25, 0.3) is 0 Å². The number of carbonyl (C=O) groups excluding carboxylic acids is 1. The van der Waals surface area contributed by atoms with Gasteiger partial charge in [0.2, 0.25) is 0 Å². The molecule has 0 bridgehead atoms. The van der Waals surface area contributed by atoms with E-state index < -0.39 is 0 Å². The van der Waals surface area contributed by atoms with Crippen LogP contribution in [-0.4, -0.2) is 43.5 Å². The summed E-state index contributed by atoms with van der Waals surface area (Å²) in [6.07, 6.45) is 0. The van der Waals surface area contributed by atoms with Crippen LogP contribution in [0.3, 0.4) is 0 Å². The number of carbonyl (C=O) groups is 1. The second-order valence-electron chi connectivity index (χ2n) is 6.10. The van der Waals surface area contributed by atoms with Crippen molar-refractivity contribution in [1.29, 1.82) is 5.26 Å². The van der Waals surface area contributed by atoms with Gasteiger partial charge in [0.15, 0.2) is 0 Å². The van der Waals surface area contributed by atoms with Crippen molar-refractivity contribution < 1.29 is 9.53 Å². The molecule has 24 heavy (non-hydrogen) atoms. The topological polar surface area (TPSA) is 65.4 Å². The Labute approximate surface area is 149 Å². The molecule has 132 valence electrons. The molecule has 1 aromatic carbocycles. The van der Waals surface area contributed by atoms with Gasteiger partial charge in [-0.1, -0.05) is 26.0 Å². The SMILES string of the molecule is COCCN(CC(C)C)C(=O)Nc1ccccc1SC[C@@H](C)C#N. The maximum Gasteiger partial charge on any atom is 0.321 e.